The van der Waals surface area contributed by atoms with Gasteiger partial charge in [-0.2, -0.15) is 0 Å². The second-order valence-electron chi connectivity index (χ2n) is 5.08. The van der Waals surface area contributed by atoms with Crippen molar-refractivity contribution in [1.82, 2.24) is 14.7 Å². The lowest BCUT2D eigenvalue weighted by molar-refractivity contribution is 0.108. The molecule has 1 aromatic heterocycles. The average Bonchev–Trinajstić information content (AvgIpc) is 2.58. The first kappa shape index (κ1) is 20.1. The molecule has 11 heteroatoms. The fraction of sp³-hybridized carbons (Fsp3) is 0.200. The van der Waals surface area contributed by atoms with Crippen molar-refractivity contribution < 1.29 is 18.0 Å². The van der Waals surface area contributed by atoms with Crippen LogP contribution < -0.4 is 10.0 Å². The molecule has 0 radical (unpaired) electrons. The predicted octanol–water partition coefficient (Wildman–Crippen LogP) is 2.76. The van der Waals surface area contributed by atoms with Gasteiger partial charge in [0.1, 0.15) is 0 Å². The van der Waals surface area contributed by atoms with Crippen LogP contribution in [0.15, 0.2) is 29.2 Å². The lowest BCUT2D eigenvalue weighted by Gasteiger charge is -2.11. The minimum Gasteiger partial charge on any atom is -0.282 e. The number of hydrogen-bond donors (Lipinski definition) is 2. The number of amides is 2. The monoisotopic (exact) mass is 414 g/mol. The molecule has 2 rings (SSSR count). The lowest BCUT2D eigenvalue weighted by Crippen LogP contribution is -2.35. The van der Waals surface area contributed by atoms with E-state index in [-0.39, 0.29) is 16.4 Å². The molecule has 1 aromatic carbocycles. The molecule has 26 heavy (non-hydrogen) atoms. The first-order chi connectivity index (χ1) is 12.2. The third kappa shape index (κ3) is 4.51. The first-order valence-corrected chi connectivity index (χ1v) is 10.3. The fourth-order valence-corrected chi connectivity index (χ4v) is 3.70. The Morgan fingerprint density at radius 2 is 1.69 bits per heavy atom. The van der Waals surface area contributed by atoms with Crippen molar-refractivity contribution in [2.75, 3.05) is 11.6 Å². The van der Waals surface area contributed by atoms with Crippen molar-refractivity contribution in [3.05, 3.63) is 46.2 Å². The van der Waals surface area contributed by atoms with Crippen LogP contribution in [0.4, 0.5) is 10.7 Å². The molecule has 0 unspecified atom stereocenters. The third-order valence-corrected chi connectivity index (χ3v) is 5.74. The molecule has 2 aromatic rings. The van der Waals surface area contributed by atoms with Crippen LogP contribution in [0.1, 0.15) is 21.7 Å². The Bertz CT molecular complexity index is 956. The van der Waals surface area contributed by atoms with Gasteiger partial charge in [0, 0.05) is 5.56 Å². The van der Waals surface area contributed by atoms with Gasteiger partial charge in [-0.05, 0) is 32.2 Å². The number of anilines is 1. The van der Waals surface area contributed by atoms with Crippen LogP contribution in [0.2, 0.25) is 5.02 Å². The van der Waals surface area contributed by atoms with E-state index in [9.17, 15) is 18.0 Å². The molecule has 0 bridgehead atoms. The molecule has 0 aliphatic carbocycles. The molecule has 0 saturated carbocycles. The van der Waals surface area contributed by atoms with Crippen LogP contribution in [-0.2, 0) is 10.0 Å². The standard InChI is InChI=1S/C15H15ClN4O4S2/c1-8-12(16)9(2)18-14(17-8)19-15(22)20-26(23,24)11-7-5-4-6-10(11)13(21)25-3/h4-7H,1-3H3,(H2,17,18,19,20,22). The predicted molar refractivity (Wildman–Crippen MR) is 100 cm³/mol. The Hall–Kier alpha value is -2.17. The van der Waals surface area contributed by atoms with Crippen LogP contribution >= 0.6 is 23.4 Å². The Morgan fingerprint density at radius 1 is 1.12 bits per heavy atom. The molecule has 0 atom stereocenters. The summed E-state index contributed by atoms with van der Waals surface area (Å²) in [5, 5.41) is 2.16. The second kappa shape index (κ2) is 8.02. The molecule has 0 aliphatic heterocycles. The van der Waals surface area contributed by atoms with Gasteiger partial charge in [-0.15, -0.1) is 0 Å². The molecule has 0 aliphatic rings. The normalized spacial score (nSPS) is 11.1. The van der Waals surface area contributed by atoms with Gasteiger partial charge in [0.2, 0.25) is 11.1 Å². The van der Waals surface area contributed by atoms with Crippen molar-refractivity contribution in [1.29, 1.82) is 0 Å². The summed E-state index contributed by atoms with van der Waals surface area (Å²) in [4.78, 5) is 31.6. The first-order valence-electron chi connectivity index (χ1n) is 7.17. The molecule has 0 spiro atoms. The number of nitrogens with one attached hydrogen (secondary N) is 2. The van der Waals surface area contributed by atoms with Crippen LogP contribution in [0.25, 0.3) is 0 Å². The summed E-state index contributed by atoms with van der Waals surface area (Å²) in [5.74, 6) is -0.0921. The van der Waals surface area contributed by atoms with Crippen LogP contribution in [-0.4, -0.2) is 35.8 Å². The molecule has 1 heterocycles. The third-order valence-electron chi connectivity index (χ3n) is 3.22. The van der Waals surface area contributed by atoms with Crippen LogP contribution in [0.5, 0.6) is 0 Å². The molecule has 2 N–H and O–H groups in total. The van der Waals surface area contributed by atoms with Gasteiger partial charge in [-0.25, -0.2) is 27.9 Å². The summed E-state index contributed by atoms with van der Waals surface area (Å²) >= 11 is 6.82. The number of benzene rings is 1. The molecule has 8 nitrogen and oxygen atoms in total. The van der Waals surface area contributed by atoms with Gasteiger partial charge < -0.3 is 0 Å². The second-order valence-corrected chi connectivity index (χ2v) is 7.89. The number of aryl methyl sites for hydroxylation is 2. The molecular formula is C15H15ClN4O4S2. The number of hydrogen-bond acceptors (Lipinski definition) is 7. The average molecular weight is 415 g/mol. The quantitative estimate of drug-likeness (QED) is 0.789. The maximum absolute atomic E-state index is 12.5. The van der Waals surface area contributed by atoms with Gasteiger partial charge in [0.15, 0.2) is 0 Å². The number of urea groups is 1. The molecule has 138 valence electrons. The highest BCUT2D eigenvalue weighted by Crippen LogP contribution is 2.20. The van der Waals surface area contributed by atoms with Crippen molar-refractivity contribution >= 4 is 50.5 Å². The molecule has 0 saturated heterocycles. The minimum atomic E-state index is -4.27. The highest BCUT2D eigenvalue weighted by Gasteiger charge is 2.24. The van der Waals surface area contributed by atoms with Gasteiger partial charge >= 0.3 is 6.03 Å². The van der Waals surface area contributed by atoms with E-state index in [0.29, 0.717) is 16.4 Å². The molecule has 2 amide bonds. The number of halogens is 1. The van der Waals surface area contributed by atoms with E-state index in [4.69, 9.17) is 11.6 Å². The number of nitrogens with zero attached hydrogens (tertiary/aromatic N) is 2. The Morgan fingerprint density at radius 3 is 2.27 bits per heavy atom. The van der Waals surface area contributed by atoms with E-state index in [1.54, 1.807) is 13.8 Å². The summed E-state index contributed by atoms with van der Waals surface area (Å²) in [6.45, 7) is 3.25. The molecule has 0 fully saturated rings. The van der Waals surface area contributed by atoms with Crippen molar-refractivity contribution in [3.8, 4) is 0 Å². The van der Waals surface area contributed by atoms with E-state index in [1.165, 1.54) is 30.5 Å². The van der Waals surface area contributed by atoms with Crippen molar-refractivity contribution in [2.24, 2.45) is 0 Å². The van der Waals surface area contributed by atoms with E-state index in [1.807, 2.05) is 4.72 Å². The maximum Gasteiger partial charge on any atom is 0.335 e. The minimum absolute atomic E-state index is 0.0188. The summed E-state index contributed by atoms with van der Waals surface area (Å²) in [7, 11) is -4.27. The topological polar surface area (TPSA) is 118 Å². The van der Waals surface area contributed by atoms with E-state index < -0.39 is 21.2 Å². The number of carbonyl (C=O) groups is 2. The summed E-state index contributed by atoms with van der Waals surface area (Å²) < 4.78 is 26.8. The summed E-state index contributed by atoms with van der Waals surface area (Å²) in [6, 6.07) is 4.55. The fourth-order valence-electron chi connectivity index (χ4n) is 2.04. The SMILES string of the molecule is CSC(=O)c1ccccc1S(=O)(=O)NC(=O)Nc1nc(C)c(Cl)c(C)n1. The molecular weight excluding hydrogens is 400 g/mol. The number of rotatable bonds is 4. The summed E-state index contributed by atoms with van der Waals surface area (Å²) in [6.07, 6.45) is 1.54. The largest absolute Gasteiger partial charge is 0.335 e. The number of sulfonamides is 1. The number of aromatic nitrogens is 2. The van der Waals surface area contributed by atoms with Crippen molar-refractivity contribution in [2.45, 2.75) is 18.7 Å². The van der Waals surface area contributed by atoms with E-state index in [0.717, 1.165) is 11.8 Å². The van der Waals surface area contributed by atoms with E-state index in [2.05, 4.69) is 15.3 Å². The van der Waals surface area contributed by atoms with Gasteiger partial charge in [-0.3, -0.25) is 10.1 Å². The smallest absolute Gasteiger partial charge is 0.282 e. The Balaban J connectivity index is 2.25. The zero-order valence-corrected chi connectivity index (χ0v) is 16.4. The van der Waals surface area contributed by atoms with Gasteiger partial charge in [-0.1, -0.05) is 35.5 Å². The zero-order valence-electron chi connectivity index (χ0n) is 14.0. The maximum atomic E-state index is 12.5. The number of thioether (sulfide) groups is 1. The van der Waals surface area contributed by atoms with Crippen LogP contribution in [0, 0.1) is 13.8 Å². The lowest BCUT2D eigenvalue weighted by atomic mass is 10.2. The highest BCUT2D eigenvalue weighted by atomic mass is 35.5. The summed E-state index contributed by atoms with van der Waals surface area (Å²) in [5.41, 5.74) is 0.858. The van der Waals surface area contributed by atoms with Gasteiger partial charge in [0.25, 0.3) is 10.0 Å². The number of carbonyl (C=O) groups excluding carboxylic acids is 2. The van der Waals surface area contributed by atoms with Gasteiger partial charge in [0.05, 0.1) is 21.3 Å². The highest BCUT2D eigenvalue weighted by molar-refractivity contribution is 8.13. The van der Waals surface area contributed by atoms with E-state index >= 15 is 0 Å². The Kier molecular flexibility index (Phi) is 6.21. The van der Waals surface area contributed by atoms with Crippen molar-refractivity contribution in [3.63, 3.8) is 0 Å². The Labute approximate surface area is 159 Å². The van der Waals surface area contributed by atoms with Crippen LogP contribution in [0.3, 0.4) is 0 Å². The zero-order chi connectivity index (χ0) is 19.5.